The smallest absolute Gasteiger partial charge is 0.242 e. The molecular formula is C31H31FN2O5. The number of halogens is 1. The van der Waals surface area contributed by atoms with Crippen LogP contribution in [-0.4, -0.2) is 48.4 Å². The topological polar surface area (TPSA) is 80.1 Å². The molecule has 0 saturated heterocycles. The Labute approximate surface area is 226 Å². The summed E-state index contributed by atoms with van der Waals surface area (Å²) in [4.78, 5) is 43.1. The van der Waals surface area contributed by atoms with Gasteiger partial charge in [-0.15, -0.1) is 0 Å². The molecule has 0 aliphatic rings. The van der Waals surface area contributed by atoms with Crippen LogP contribution < -0.4 is 5.43 Å². The predicted molar refractivity (Wildman–Crippen MR) is 146 cm³/mol. The van der Waals surface area contributed by atoms with Crippen molar-refractivity contribution in [2.45, 2.75) is 26.4 Å². The number of fused-ring (bicyclic) bond motifs is 1. The molecule has 1 aromatic heterocycles. The third-order valence-electron chi connectivity index (χ3n) is 6.44. The van der Waals surface area contributed by atoms with Crippen LogP contribution in [0.4, 0.5) is 4.39 Å². The van der Waals surface area contributed by atoms with Crippen molar-refractivity contribution in [2.75, 3.05) is 26.8 Å². The molecule has 39 heavy (non-hydrogen) atoms. The largest absolute Gasteiger partial charge is 0.464 e. The molecule has 4 aromatic rings. The van der Waals surface area contributed by atoms with E-state index >= 15 is 0 Å². The summed E-state index contributed by atoms with van der Waals surface area (Å²) in [6.45, 7) is 2.41. The fourth-order valence-electron chi connectivity index (χ4n) is 4.28. The minimum absolute atomic E-state index is 0.0174. The van der Waals surface area contributed by atoms with E-state index in [1.807, 2.05) is 43.3 Å². The monoisotopic (exact) mass is 530 g/mol. The second-order valence-electron chi connectivity index (χ2n) is 9.44. The zero-order valence-electron chi connectivity index (χ0n) is 22.1. The molecule has 0 bridgehead atoms. The summed E-state index contributed by atoms with van der Waals surface area (Å²) < 4.78 is 24.2. The van der Waals surface area contributed by atoms with Gasteiger partial charge in [0.2, 0.25) is 11.8 Å². The number of ether oxygens (including phenoxy) is 1. The number of amides is 2. The van der Waals surface area contributed by atoms with Crippen LogP contribution in [0.3, 0.4) is 0 Å². The Bertz CT molecular complexity index is 1480. The molecule has 0 atom stereocenters. The molecule has 4 rings (SSSR count). The molecule has 0 saturated carbocycles. The Morgan fingerprint density at radius 1 is 0.897 bits per heavy atom. The van der Waals surface area contributed by atoms with Crippen LogP contribution in [0.2, 0.25) is 0 Å². The number of hydrogen-bond acceptors (Lipinski definition) is 5. The highest BCUT2D eigenvalue weighted by molar-refractivity contribution is 5.86. The van der Waals surface area contributed by atoms with Crippen molar-refractivity contribution in [1.82, 2.24) is 9.80 Å². The first-order chi connectivity index (χ1) is 18.8. The number of carbonyl (C=O) groups is 2. The van der Waals surface area contributed by atoms with Gasteiger partial charge in [-0.2, -0.15) is 0 Å². The normalized spacial score (nSPS) is 10.9. The van der Waals surface area contributed by atoms with Gasteiger partial charge in [-0.25, -0.2) is 4.39 Å². The van der Waals surface area contributed by atoms with E-state index in [1.54, 1.807) is 29.2 Å². The number of rotatable bonds is 11. The molecule has 0 radical (unpaired) electrons. The van der Waals surface area contributed by atoms with Gasteiger partial charge in [-0.3, -0.25) is 14.4 Å². The lowest BCUT2D eigenvalue weighted by molar-refractivity contribution is -0.141. The summed E-state index contributed by atoms with van der Waals surface area (Å²) in [5.41, 5.74) is 3.08. The van der Waals surface area contributed by atoms with E-state index in [1.165, 1.54) is 30.4 Å². The van der Waals surface area contributed by atoms with E-state index in [0.29, 0.717) is 22.1 Å². The van der Waals surface area contributed by atoms with Crippen molar-refractivity contribution in [3.05, 3.63) is 117 Å². The van der Waals surface area contributed by atoms with Crippen LogP contribution in [0.15, 0.2) is 88.3 Å². The average Bonchev–Trinajstić information content (AvgIpc) is 2.94. The highest BCUT2D eigenvalue weighted by Gasteiger charge is 2.23. The van der Waals surface area contributed by atoms with Gasteiger partial charge in [0.05, 0.1) is 43.3 Å². The van der Waals surface area contributed by atoms with Gasteiger partial charge in [-0.1, -0.05) is 54.1 Å². The van der Waals surface area contributed by atoms with Crippen molar-refractivity contribution in [1.29, 1.82) is 0 Å². The van der Waals surface area contributed by atoms with Crippen LogP contribution in [0.25, 0.3) is 11.0 Å². The lowest BCUT2D eigenvalue weighted by atomic mass is 10.1. The molecule has 2 amide bonds. The second-order valence-corrected chi connectivity index (χ2v) is 9.44. The number of hydrogen-bond donors (Lipinski definition) is 0. The molecule has 202 valence electrons. The molecule has 0 N–H and O–H groups in total. The van der Waals surface area contributed by atoms with Gasteiger partial charge in [-0.05, 0) is 42.3 Å². The molecular weight excluding hydrogens is 499 g/mol. The van der Waals surface area contributed by atoms with Crippen molar-refractivity contribution < 1.29 is 23.1 Å². The van der Waals surface area contributed by atoms with Crippen molar-refractivity contribution in [2.24, 2.45) is 0 Å². The van der Waals surface area contributed by atoms with E-state index in [0.717, 1.165) is 11.1 Å². The van der Waals surface area contributed by atoms with Gasteiger partial charge in [0.1, 0.15) is 11.4 Å². The quantitative estimate of drug-likeness (QED) is 0.286. The van der Waals surface area contributed by atoms with Gasteiger partial charge in [0.25, 0.3) is 0 Å². The van der Waals surface area contributed by atoms with E-state index in [9.17, 15) is 18.8 Å². The number of nitrogens with zero attached hydrogens (tertiary/aromatic N) is 2. The van der Waals surface area contributed by atoms with Crippen molar-refractivity contribution in [3.63, 3.8) is 0 Å². The minimum Gasteiger partial charge on any atom is -0.464 e. The summed E-state index contributed by atoms with van der Waals surface area (Å²) >= 11 is 0. The number of aryl methyl sites for hydroxylation is 1. The molecule has 0 fully saturated rings. The maximum absolute atomic E-state index is 13.7. The average molecular weight is 531 g/mol. The highest BCUT2D eigenvalue weighted by atomic mass is 19.1. The molecule has 1 heterocycles. The Morgan fingerprint density at radius 3 is 2.36 bits per heavy atom. The highest BCUT2D eigenvalue weighted by Crippen LogP contribution is 2.16. The van der Waals surface area contributed by atoms with Crippen molar-refractivity contribution in [3.8, 4) is 0 Å². The minimum atomic E-state index is -0.387. The molecule has 0 spiro atoms. The second kappa shape index (κ2) is 13.0. The Morgan fingerprint density at radius 2 is 1.64 bits per heavy atom. The lowest BCUT2D eigenvalue weighted by Crippen LogP contribution is -2.44. The van der Waals surface area contributed by atoms with E-state index in [2.05, 4.69) is 0 Å². The molecule has 0 unspecified atom stereocenters. The van der Waals surface area contributed by atoms with Gasteiger partial charge in [0.15, 0.2) is 5.43 Å². The zero-order valence-corrected chi connectivity index (χ0v) is 22.1. The Hall–Kier alpha value is -4.30. The summed E-state index contributed by atoms with van der Waals surface area (Å²) in [5, 5.41) is 0.454. The fraction of sp³-hybridized carbons (Fsp3) is 0.258. The summed E-state index contributed by atoms with van der Waals surface area (Å²) in [5.74, 6) is -0.999. The van der Waals surface area contributed by atoms with E-state index in [-0.39, 0.29) is 62.3 Å². The molecule has 0 aliphatic heterocycles. The first-order valence-corrected chi connectivity index (χ1v) is 12.7. The maximum atomic E-state index is 13.7. The summed E-state index contributed by atoms with van der Waals surface area (Å²) in [6, 6.07) is 20.5. The van der Waals surface area contributed by atoms with Crippen molar-refractivity contribution >= 4 is 22.8 Å². The number of carbonyl (C=O) groups excluding carboxylic acids is 2. The standard InChI is InChI=1S/C31H31FN2O5/c1-22-8-13-28-27(16-22)31(37)25(21-39-28)19-34(18-24-6-4-3-5-7-24)30(36)20-33(14-15-38-2)29(35)17-23-9-11-26(32)12-10-23/h3-13,16,21H,14-15,17-20H2,1-2H3. The SMILES string of the molecule is COCCN(CC(=O)N(Cc1ccccc1)Cc1coc2ccc(C)cc2c1=O)C(=O)Cc1ccc(F)cc1. The maximum Gasteiger partial charge on any atom is 0.242 e. The molecule has 8 heteroatoms. The zero-order chi connectivity index (χ0) is 27.8. The van der Waals surface area contributed by atoms with Gasteiger partial charge < -0.3 is 19.0 Å². The molecule has 7 nitrogen and oxygen atoms in total. The van der Waals surface area contributed by atoms with Crippen LogP contribution in [0.5, 0.6) is 0 Å². The van der Waals surface area contributed by atoms with Crippen LogP contribution in [-0.2, 0) is 33.8 Å². The Balaban J connectivity index is 1.59. The van der Waals surface area contributed by atoms with E-state index < -0.39 is 0 Å². The number of methoxy groups -OCH3 is 1. The Kier molecular flexibility index (Phi) is 9.22. The van der Waals surface area contributed by atoms with Gasteiger partial charge >= 0.3 is 0 Å². The van der Waals surface area contributed by atoms with Crippen LogP contribution in [0, 0.1) is 12.7 Å². The summed E-state index contributed by atoms with van der Waals surface area (Å²) in [7, 11) is 1.52. The first kappa shape index (κ1) is 27.7. The third kappa shape index (κ3) is 7.39. The van der Waals surface area contributed by atoms with Crippen LogP contribution >= 0.6 is 0 Å². The van der Waals surface area contributed by atoms with Gasteiger partial charge in [0, 0.05) is 20.2 Å². The van der Waals surface area contributed by atoms with E-state index in [4.69, 9.17) is 9.15 Å². The predicted octanol–water partition coefficient (Wildman–Crippen LogP) is 4.49. The lowest BCUT2D eigenvalue weighted by Gasteiger charge is -2.28. The fourth-order valence-corrected chi connectivity index (χ4v) is 4.28. The first-order valence-electron chi connectivity index (χ1n) is 12.7. The third-order valence-corrected chi connectivity index (χ3v) is 6.44. The molecule has 3 aromatic carbocycles. The molecule has 0 aliphatic carbocycles. The summed E-state index contributed by atoms with van der Waals surface area (Å²) in [6.07, 6.45) is 1.41. The van der Waals surface area contributed by atoms with Crippen LogP contribution in [0.1, 0.15) is 22.3 Å². The number of benzene rings is 3.